The summed E-state index contributed by atoms with van der Waals surface area (Å²) in [5, 5.41) is 7.85. The summed E-state index contributed by atoms with van der Waals surface area (Å²) in [6.07, 6.45) is 4.69. The molecule has 0 unspecified atom stereocenters. The summed E-state index contributed by atoms with van der Waals surface area (Å²) < 4.78 is 21.8. The highest BCUT2D eigenvalue weighted by atomic mass is 19.1. The minimum Gasteiger partial charge on any atom is -0.307 e. The molecule has 0 spiro atoms. The van der Waals surface area contributed by atoms with Crippen molar-refractivity contribution in [2.24, 2.45) is 23.3 Å². The van der Waals surface area contributed by atoms with E-state index in [9.17, 15) is 0 Å². The third kappa shape index (κ3) is 4.68. The van der Waals surface area contributed by atoms with E-state index < -0.39 is 0 Å². The molecule has 0 radical (unpaired) electrons. The molecule has 4 aromatic carbocycles. The smallest absolute Gasteiger partial charge is 0.224 e. The predicted molar refractivity (Wildman–Crippen MR) is 191 cm³/mol. The molecule has 0 saturated carbocycles. The van der Waals surface area contributed by atoms with E-state index in [1.165, 1.54) is 38.4 Å². The number of aromatic nitrogens is 2. The third-order valence-electron chi connectivity index (χ3n) is 9.56. The molecule has 0 aliphatic heterocycles. The molecule has 0 bridgehead atoms. The number of aryl methyl sites for hydroxylation is 2. The average Bonchev–Trinajstić information content (AvgIpc) is 3.26. The van der Waals surface area contributed by atoms with E-state index in [-0.39, 0.29) is 22.1 Å². The Morgan fingerprint density at radius 1 is 0.644 bits per heavy atom. The zero-order valence-corrected chi connectivity index (χ0v) is 29.1. The van der Waals surface area contributed by atoms with Crippen LogP contribution in [0.2, 0.25) is 0 Å². The highest BCUT2D eigenvalue weighted by Gasteiger charge is 2.32. The van der Waals surface area contributed by atoms with Crippen LogP contribution in [0.15, 0.2) is 54.7 Å². The molecule has 3 heteroatoms. The molecule has 7 rings (SSSR count). The summed E-state index contributed by atoms with van der Waals surface area (Å²) in [7, 11) is 2.13. The second-order valence-electron chi connectivity index (χ2n) is 17.4. The molecule has 0 atom stereocenters. The predicted octanol–water partition coefficient (Wildman–Crippen LogP) is 11.2. The Balaban J connectivity index is 1.83. The van der Waals surface area contributed by atoms with Crippen LogP contribution in [-0.4, -0.2) is 4.40 Å². The Hall–Kier alpha value is -3.72. The van der Waals surface area contributed by atoms with Crippen molar-refractivity contribution in [3.8, 4) is 0 Å². The van der Waals surface area contributed by atoms with Crippen LogP contribution in [0.1, 0.15) is 84.6 Å². The van der Waals surface area contributed by atoms with Crippen LogP contribution in [-0.2, 0) is 26.3 Å². The molecular formula is C42H48FN2+. The van der Waals surface area contributed by atoms with Crippen LogP contribution < -0.4 is 4.57 Å². The van der Waals surface area contributed by atoms with Crippen molar-refractivity contribution in [1.29, 1.82) is 0 Å². The monoisotopic (exact) mass is 599 g/mol. The maximum absolute atomic E-state index is 17.0. The van der Waals surface area contributed by atoms with Gasteiger partial charge in [0.2, 0.25) is 5.52 Å². The number of para-hydroxylation sites is 1. The van der Waals surface area contributed by atoms with E-state index in [0.29, 0.717) is 6.42 Å². The van der Waals surface area contributed by atoms with Crippen molar-refractivity contribution < 1.29 is 8.96 Å². The van der Waals surface area contributed by atoms with E-state index in [0.717, 1.165) is 56.5 Å². The van der Waals surface area contributed by atoms with Gasteiger partial charge < -0.3 is 4.40 Å². The topological polar surface area (TPSA) is 8.29 Å². The largest absolute Gasteiger partial charge is 0.307 e. The van der Waals surface area contributed by atoms with Crippen molar-refractivity contribution >= 4 is 59.8 Å². The van der Waals surface area contributed by atoms with Gasteiger partial charge in [0.05, 0.1) is 27.3 Å². The molecular weight excluding hydrogens is 551 g/mol. The van der Waals surface area contributed by atoms with Crippen molar-refractivity contribution in [1.82, 2.24) is 4.40 Å². The Bertz CT molecular complexity index is 2310. The number of pyridine rings is 2. The first-order valence-electron chi connectivity index (χ1n) is 16.6. The number of halogens is 1. The van der Waals surface area contributed by atoms with Gasteiger partial charge in [-0.25, -0.2) is 8.96 Å². The summed E-state index contributed by atoms with van der Waals surface area (Å²) in [5.41, 5.74) is 9.76. The first-order valence-corrected chi connectivity index (χ1v) is 16.6. The van der Waals surface area contributed by atoms with Gasteiger partial charge in [0.1, 0.15) is 12.9 Å². The van der Waals surface area contributed by atoms with E-state index >= 15 is 4.39 Å². The molecule has 0 saturated heterocycles. The maximum Gasteiger partial charge on any atom is 0.224 e. The van der Waals surface area contributed by atoms with Crippen LogP contribution >= 0.6 is 0 Å². The molecule has 45 heavy (non-hydrogen) atoms. The maximum atomic E-state index is 17.0. The fourth-order valence-corrected chi connectivity index (χ4v) is 8.08. The van der Waals surface area contributed by atoms with Crippen LogP contribution in [0.4, 0.5) is 4.39 Å². The molecule has 0 aliphatic rings. The second kappa shape index (κ2) is 9.64. The van der Waals surface area contributed by atoms with E-state index in [2.05, 4.69) is 134 Å². The van der Waals surface area contributed by atoms with Gasteiger partial charge in [-0.15, -0.1) is 0 Å². The molecule has 2 nitrogen and oxygen atoms in total. The molecule has 3 heterocycles. The van der Waals surface area contributed by atoms with E-state index in [4.69, 9.17) is 0 Å². The first-order chi connectivity index (χ1) is 21.0. The van der Waals surface area contributed by atoms with Gasteiger partial charge in [0.15, 0.2) is 6.20 Å². The Morgan fingerprint density at radius 2 is 1.29 bits per heavy atom. The highest BCUT2D eigenvalue weighted by Crippen LogP contribution is 2.48. The van der Waals surface area contributed by atoms with Crippen LogP contribution in [0.5, 0.6) is 0 Å². The molecule has 3 aromatic heterocycles. The van der Waals surface area contributed by atoms with E-state index in [1.807, 2.05) is 6.07 Å². The van der Waals surface area contributed by atoms with Gasteiger partial charge in [0, 0.05) is 22.2 Å². The Labute approximate surface area is 267 Å². The number of hydrogen-bond donors (Lipinski definition) is 0. The van der Waals surface area contributed by atoms with Gasteiger partial charge in [-0.1, -0.05) is 98.7 Å². The SMILES string of the molecule is Cc1c2cc(CC(C)(C)C)ccc2c(CC(C)(C)C)c2c1c1c3c(cc[n+]1C)c(F)c(CC(C)(C)C)c1c4ccccc4n2c13. The zero-order chi connectivity index (χ0) is 32.4. The summed E-state index contributed by atoms with van der Waals surface area (Å²) >= 11 is 0. The molecule has 0 aliphatic carbocycles. The summed E-state index contributed by atoms with van der Waals surface area (Å²) in [5.74, 6) is -0.0681. The third-order valence-corrected chi connectivity index (χ3v) is 9.56. The standard InChI is InChI=1S/C42H48FN2/c1-24-29-20-25(21-40(2,3)4)16-17-26(29)30(22-41(5,6)7)37-33(24)38-35-28(18-19-44(38)11)36(43)31(23-42(8,9)10)34-27-14-12-13-15-32(27)45(37)39(34)35/h12-20H,21-23H2,1-11H3/q+1. The summed E-state index contributed by atoms with van der Waals surface area (Å²) in [4.78, 5) is 0. The lowest BCUT2D eigenvalue weighted by Crippen LogP contribution is -2.29. The lowest BCUT2D eigenvalue weighted by molar-refractivity contribution is -0.643. The van der Waals surface area contributed by atoms with Crippen molar-refractivity contribution in [2.75, 3.05) is 0 Å². The molecule has 0 fully saturated rings. The van der Waals surface area contributed by atoms with Crippen molar-refractivity contribution in [3.05, 3.63) is 82.8 Å². The first kappa shape index (κ1) is 30.0. The average molecular weight is 600 g/mol. The highest BCUT2D eigenvalue weighted by molar-refractivity contribution is 6.29. The fourth-order valence-electron chi connectivity index (χ4n) is 8.08. The Morgan fingerprint density at radius 3 is 1.96 bits per heavy atom. The molecule has 0 N–H and O–H groups in total. The number of rotatable bonds is 3. The number of benzene rings is 4. The number of hydrogen-bond acceptors (Lipinski definition) is 0. The normalized spacial score (nSPS) is 13.6. The lowest BCUT2D eigenvalue weighted by Gasteiger charge is -2.25. The minimum absolute atomic E-state index is 0.0656. The molecule has 232 valence electrons. The second-order valence-corrected chi connectivity index (χ2v) is 17.4. The van der Waals surface area contributed by atoms with Gasteiger partial charge in [-0.2, -0.15) is 0 Å². The zero-order valence-electron chi connectivity index (χ0n) is 29.1. The van der Waals surface area contributed by atoms with Crippen molar-refractivity contribution in [3.63, 3.8) is 0 Å². The van der Waals surface area contributed by atoms with Gasteiger partial charge >= 0.3 is 0 Å². The van der Waals surface area contributed by atoms with E-state index in [1.54, 1.807) is 0 Å². The van der Waals surface area contributed by atoms with Gasteiger partial charge in [-0.3, -0.25) is 0 Å². The van der Waals surface area contributed by atoms with Gasteiger partial charge in [-0.05, 0) is 81.5 Å². The summed E-state index contributed by atoms with van der Waals surface area (Å²) in [6.45, 7) is 22.9. The van der Waals surface area contributed by atoms with Crippen LogP contribution in [0.3, 0.4) is 0 Å². The van der Waals surface area contributed by atoms with Gasteiger partial charge in [0.25, 0.3) is 0 Å². The minimum atomic E-state index is -0.0681. The molecule has 0 amide bonds. The fraction of sp³-hybridized carbons (Fsp3) is 0.405. The van der Waals surface area contributed by atoms with Crippen LogP contribution in [0, 0.1) is 29.0 Å². The molecule has 7 aromatic rings. The number of fused-ring (bicyclic) bond motifs is 7. The Kier molecular flexibility index (Phi) is 6.42. The lowest BCUT2D eigenvalue weighted by atomic mass is 9.81. The number of nitrogens with zero attached hydrogens (tertiary/aromatic N) is 2. The van der Waals surface area contributed by atoms with Crippen LogP contribution in [0.25, 0.3) is 59.8 Å². The summed E-state index contributed by atoms with van der Waals surface area (Å²) in [6, 6.07) is 17.9. The quantitative estimate of drug-likeness (QED) is 0.108. The van der Waals surface area contributed by atoms with Crippen molar-refractivity contribution in [2.45, 2.75) is 88.5 Å².